The van der Waals surface area contributed by atoms with E-state index in [9.17, 15) is 15.2 Å². The number of aliphatic hydroxyl groups excluding tert-OH is 1. The molecule has 1 aromatic carbocycles. The maximum Gasteiger partial charge on any atom is 0.269 e. The lowest BCUT2D eigenvalue weighted by Crippen LogP contribution is -2.37. The fraction of sp³-hybridized carbons (Fsp3) is 0.467. The third-order valence-electron chi connectivity index (χ3n) is 3.91. The third-order valence-corrected chi connectivity index (χ3v) is 3.91. The van der Waals surface area contributed by atoms with Crippen molar-refractivity contribution in [3.8, 4) is 0 Å². The number of non-ortho nitro benzene ring substituents is 1. The molecule has 0 radical (unpaired) electrons. The van der Waals surface area contributed by atoms with E-state index in [-0.39, 0.29) is 11.7 Å². The summed E-state index contributed by atoms with van der Waals surface area (Å²) in [5.41, 5.74) is 1.02. The van der Waals surface area contributed by atoms with Crippen molar-refractivity contribution in [3.05, 3.63) is 47.0 Å². The van der Waals surface area contributed by atoms with Crippen molar-refractivity contribution in [1.29, 1.82) is 0 Å². The Morgan fingerprint density at radius 2 is 2.24 bits per heavy atom. The highest BCUT2D eigenvalue weighted by Gasteiger charge is 2.32. The summed E-state index contributed by atoms with van der Waals surface area (Å²) in [6, 6.07) is 6.67. The van der Waals surface area contributed by atoms with E-state index in [2.05, 4.69) is 18.4 Å². The van der Waals surface area contributed by atoms with Crippen LogP contribution in [0.3, 0.4) is 0 Å². The summed E-state index contributed by atoms with van der Waals surface area (Å²) in [4.78, 5) is 12.5. The van der Waals surface area contributed by atoms with Crippen molar-refractivity contribution < 1.29 is 14.8 Å². The van der Waals surface area contributed by atoms with E-state index in [1.165, 1.54) is 18.2 Å². The summed E-state index contributed by atoms with van der Waals surface area (Å²) in [6.45, 7) is 6.88. The van der Waals surface area contributed by atoms with Gasteiger partial charge in [0.25, 0.3) is 5.69 Å². The maximum atomic E-state index is 10.7. The van der Waals surface area contributed by atoms with Gasteiger partial charge in [-0.2, -0.15) is 0 Å². The number of ether oxygens (including phenoxy) is 1. The molecule has 1 N–H and O–H groups in total. The van der Waals surface area contributed by atoms with Gasteiger partial charge in [0.15, 0.2) is 6.29 Å². The summed E-state index contributed by atoms with van der Waals surface area (Å²) in [5.74, 6) is 0.428. The largest absolute Gasteiger partial charge is 0.366 e. The van der Waals surface area contributed by atoms with E-state index in [0.29, 0.717) is 12.5 Å². The Morgan fingerprint density at radius 3 is 2.81 bits per heavy atom. The Labute approximate surface area is 123 Å². The zero-order valence-corrected chi connectivity index (χ0v) is 12.0. The molecule has 0 aliphatic carbocycles. The van der Waals surface area contributed by atoms with E-state index < -0.39 is 11.2 Å². The van der Waals surface area contributed by atoms with Crippen molar-refractivity contribution in [3.63, 3.8) is 0 Å². The van der Waals surface area contributed by atoms with Crippen LogP contribution in [0.2, 0.25) is 0 Å². The van der Waals surface area contributed by atoms with Crippen LogP contribution in [0.1, 0.15) is 13.3 Å². The Kier molecular flexibility index (Phi) is 4.93. The zero-order chi connectivity index (χ0) is 15.4. The second kappa shape index (κ2) is 6.69. The van der Waals surface area contributed by atoms with Crippen LogP contribution in [0.25, 0.3) is 0 Å². The topological polar surface area (TPSA) is 75.8 Å². The van der Waals surface area contributed by atoms with E-state index in [0.717, 1.165) is 18.7 Å². The maximum absolute atomic E-state index is 10.7. The van der Waals surface area contributed by atoms with Crippen molar-refractivity contribution in [1.82, 2.24) is 0 Å². The van der Waals surface area contributed by atoms with E-state index in [1.54, 1.807) is 12.1 Å². The monoisotopic (exact) mass is 292 g/mol. The highest BCUT2D eigenvalue weighted by atomic mass is 16.6. The van der Waals surface area contributed by atoms with Crippen molar-refractivity contribution >= 4 is 11.4 Å². The molecule has 6 nitrogen and oxygen atoms in total. The highest BCUT2D eigenvalue weighted by molar-refractivity contribution is 5.52. The first kappa shape index (κ1) is 15.5. The van der Waals surface area contributed by atoms with Gasteiger partial charge in [0.2, 0.25) is 0 Å². The molecule has 0 amide bonds. The molecule has 21 heavy (non-hydrogen) atoms. The van der Waals surface area contributed by atoms with Crippen LogP contribution in [-0.4, -0.2) is 35.5 Å². The Balaban J connectivity index is 2.09. The van der Waals surface area contributed by atoms with Gasteiger partial charge >= 0.3 is 0 Å². The number of aliphatic hydroxyl groups is 1. The molecule has 6 heteroatoms. The van der Waals surface area contributed by atoms with Crippen LogP contribution in [0.15, 0.2) is 36.9 Å². The summed E-state index contributed by atoms with van der Waals surface area (Å²) >= 11 is 0. The quantitative estimate of drug-likeness (QED) is 0.377. The molecule has 1 aromatic rings. The number of anilines is 1. The van der Waals surface area contributed by atoms with Crippen LogP contribution in [0.4, 0.5) is 11.4 Å². The lowest BCUT2D eigenvalue weighted by Gasteiger charge is -2.29. The summed E-state index contributed by atoms with van der Waals surface area (Å²) < 4.78 is 5.35. The lowest BCUT2D eigenvalue weighted by molar-refractivity contribution is -0.384. The Hall–Kier alpha value is -1.92. The second-order valence-electron chi connectivity index (χ2n) is 5.26. The minimum absolute atomic E-state index is 0.0841. The van der Waals surface area contributed by atoms with Crippen LogP contribution in [-0.2, 0) is 4.74 Å². The molecule has 1 aliphatic rings. The molecule has 2 rings (SSSR count). The number of nitro groups is 1. The Morgan fingerprint density at radius 1 is 1.57 bits per heavy atom. The Bertz CT molecular complexity index is 503. The second-order valence-corrected chi connectivity index (χ2v) is 5.26. The molecular weight excluding hydrogens is 272 g/mol. The van der Waals surface area contributed by atoms with Gasteiger partial charge in [0.05, 0.1) is 17.6 Å². The van der Waals surface area contributed by atoms with Crippen LogP contribution >= 0.6 is 0 Å². The predicted octanol–water partition coefficient (Wildman–Crippen LogP) is 2.33. The molecule has 3 atom stereocenters. The molecule has 114 valence electrons. The normalized spacial score (nSPS) is 23.0. The zero-order valence-electron chi connectivity index (χ0n) is 12.0. The molecule has 0 aromatic heterocycles. The lowest BCUT2D eigenvalue weighted by atomic mass is 10.0. The predicted molar refractivity (Wildman–Crippen MR) is 80.2 cm³/mol. The molecular formula is C15H20N2O4. The van der Waals surface area contributed by atoms with Gasteiger partial charge in [-0.15, -0.1) is 0 Å². The first-order chi connectivity index (χ1) is 10.0. The molecule has 1 aliphatic heterocycles. The van der Waals surface area contributed by atoms with Crippen molar-refractivity contribution in [2.24, 2.45) is 5.92 Å². The standard InChI is InChI=1S/C15H20N2O4/c1-3-15(18)21-10-14-11(2)8-9-16(14)12-4-6-13(7-5-12)17(19)20/h3-7,11,14-15,18H,1,8-10H2,2H3. The van der Waals surface area contributed by atoms with Gasteiger partial charge in [-0.1, -0.05) is 13.5 Å². The first-order valence-corrected chi connectivity index (χ1v) is 6.96. The van der Waals surface area contributed by atoms with Gasteiger partial charge in [0, 0.05) is 24.4 Å². The summed E-state index contributed by atoms with van der Waals surface area (Å²) in [6.07, 6.45) is 1.40. The average Bonchev–Trinajstić information content (AvgIpc) is 2.85. The molecule has 1 heterocycles. The smallest absolute Gasteiger partial charge is 0.269 e. The average molecular weight is 292 g/mol. The van der Waals surface area contributed by atoms with E-state index >= 15 is 0 Å². The molecule has 1 fully saturated rings. The van der Waals surface area contributed by atoms with Crippen LogP contribution in [0.5, 0.6) is 0 Å². The first-order valence-electron chi connectivity index (χ1n) is 6.96. The van der Waals surface area contributed by atoms with E-state index in [1.807, 2.05) is 0 Å². The van der Waals surface area contributed by atoms with Crippen molar-refractivity contribution in [2.45, 2.75) is 25.7 Å². The van der Waals surface area contributed by atoms with Crippen LogP contribution in [0, 0.1) is 16.0 Å². The van der Waals surface area contributed by atoms with Gasteiger partial charge in [-0.05, 0) is 30.5 Å². The van der Waals surface area contributed by atoms with Gasteiger partial charge in [-0.25, -0.2) is 0 Å². The molecule has 0 bridgehead atoms. The third kappa shape index (κ3) is 3.59. The molecule has 0 spiro atoms. The molecule has 1 saturated heterocycles. The number of nitrogens with zero attached hydrogens (tertiary/aromatic N) is 2. The minimum Gasteiger partial charge on any atom is -0.366 e. The number of rotatable bonds is 6. The fourth-order valence-electron chi connectivity index (χ4n) is 2.61. The number of benzene rings is 1. The highest BCUT2D eigenvalue weighted by Crippen LogP contribution is 2.31. The summed E-state index contributed by atoms with van der Waals surface area (Å²) in [7, 11) is 0. The SMILES string of the molecule is C=CC(O)OCC1C(C)CCN1c1ccc([N+](=O)[O-])cc1. The molecule has 0 saturated carbocycles. The molecule has 3 unspecified atom stereocenters. The van der Waals surface area contributed by atoms with Gasteiger partial charge in [-0.3, -0.25) is 10.1 Å². The fourth-order valence-corrected chi connectivity index (χ4v) is 2.61. The van der Waals surface area contributed by atoms with Crippen LogP contribution < -0.4 is 4.90 Å². The van der Waals surface area contributed by atoms with Gasteiger partial charge < -0.3 is 14.7 Å². The number of hydrogen-bond acceptors (Lipinski definition) is 5. The minimum atomic E-state index is -0.962. The number of nitro benzene ring substituents is 1. The van der Waals surface area contributed by atoms with E-state index in [4.69, 9.17) is 4.74 Å². The van der Waals surface area contributed by atoms with Gasteiger partial charge in [0.1, 0.15) is 0 Å². The number of hydrogen-bond donors (Lipinski definition) is 1. The van der Waals surface area contributed by atoms with Crippen molar-refractivity contribution in [2.75, 3.05) is 18.1 Å². The summed E-state index contributed by atoms with van der Waals surface area (Å²) in [5, 5.41) is 20.1.